The number of amides is 1. The molecular formula is C11H17Cl2N3O3S2. The number of rotatable bonds is 4. The lowest BCUT2D eigenvalue weighted by Gasteiger charge is -2.28. The third-order valence-electron chi connectivity index (χ3n) is 3.04. The molecule has 1 saturated heterocycles. The Morgan fingerprint density at radius 1 is 1.43 bits per heavy atom. The molecule has 0 saturated carbocycles. The zero-order valence-corrected chi connectivity index (χ0v) is 14.6. The van der Waals surface area contributed by atoms with Crippen LogP contribution in [0.1, 0.15) is 0 Å². The van der Waals surface area contributed by atoms with Crippen LogP contribution in [0.2, 0.25) is 4.34 Å². The second-order valence-electron chi connectivity index (χ2n) is 4.45. The number of hydrogen-bond acceptors (Lipinski definition) is 5. The summed E-state index contributed by atoms with van der Waals surface area (Å²) in [4.78, 5) is 13.7. The molecule has 10 heteroatoms. The summed E-state index contributed by atoms with van der Waals surface area (Å²) in [5, 5.41) is 3.14. The third-order valence-corrected chi connectivity index (χ3v) is 6.54. The number of hydrogen-bond donors (Lipinski definition) is 1. The summed E-state index contributed by atoms with van der Waals surface area (Å²) in [5.41, 5.74) is 0. The highest BCUT2D eigenvalue weighted by Gasteiger charge is 2.26. The Bertz CT molecular complexity index is 585. The van der Waals surface area contributed by atoms with E-state index in [9.17, 15) is 13.2 Å². The quantitative estimate of drug-likeness (QED) is 0.850. The first-order valence-corrected chi connectivity index (χ1v) is 8.75. The minimum Gasteiger partial charge on any atom is -0.339 e. The lowest BCUT2D eigenvalue weighted by molar-refractivity contribution is -0.131. The van der Waals surface area contributed by atoms with Crippen LogP contribution in [-0.2, 0) is 14.8 Å². The average Bonchev–Trinajstić information content (AvgIpc) is 2.87. The average molecular weight is 374 g/mol. The topological polar surface area (TPSA) is 69.7 Å². The molecule has 1 aliphatic heterocycles. The van der Waals surface area contributed by atoms with Gasteiger partial charge in [0.25, 0.3) is 10.0 Å². The molecule has 1 aromatic rings. The summed E-state index contributed by atoms with van der Waals surface area (Å²) in [5.74, 6) is -0.180. The Kier molecular flexibility index (Phi) is 6.89. The monoisotopic (exact) mass is 373 g/mol. The number of nitrogens with zero attached hydrogens (tertiary/aromatic N) is 2. The predicted octanol–water partition coefficient (Wildman–Crippen LogP) is 0.876. The van der Waals surface area contributed by atoms with Crippen LogP contribution in [0.25, 0.3) is 0 Å². The molecule has 0 aliphatic carbocycles. The van der Waals surface area contributed by atoms with Gasteiger partial charge in [0.15, 0.2) is 0 Å². The molecule has 1 N–H and O–H groups in total. The molecule has 0 unspecified atom stereocenters. The summed E-state index contributed by atoms with van der Waals surface area (Å²) in [7, 11) is -2.24. The van der Waals surface area contributed by atoms with Crippen LogP contribution in [0.4, 0.5) is 0 Å². The van der Waals surface area contributed by atoms with E-state index in [1.807, 2.05) is 0 Å². The van der Waals surface area contributed by atoms with Crippen molar-refractivity contribution in [1.29, 1.82) is 0 Å². The van der Waals surface area contributed by atoms with Gasteiger partial charge < -0.3 is 10.2 Å². The fourth-order valence-electron chi connectivity index (χ4n) is 1.88. The van der Waals surface area contributed by atoms with Crippen molar-refractivity contribution in [2.24, 2.45) is 0 Å². The van der Waals surface area contributed by atoms with Crippen LogP contribution in [0.3, 0.4) is 0 Å². The number of sulfonamides is 1. The van der Waals surface area contributed by atoms with E-state index in [1.165, 1.54) is 19.2 Å². The lowest BCUT2D eigenvalue weighted by atomic mass is 10.3. The van der Waals surface area contributed by atoms with Gasteiger partial charge in [-0.2, -0.15) is 4.31 Å². The molecule has 1 aromatic heterocycles. The number of piperazine rings is 1. The van der Waals surface area contributed by atoms with E-state index in [2.05, 4.69) is 5.32 Å². The largest absolute Gasteiger partial charge is 0.339 e. The van der Waals surface area contributed by atoms with E-state index in [1.54, 1.807) is 4.90 Å². The standard InChI is InChI=1S/C11H16ClN3O3S2.ClH/c1-14(8-10(16)15-6-4-13-5-7-15)20(17,18)11-3-2-9(12)19-11;/h2-3,13H,4-8H2,1H3;1H. The first-order valence-electron chi connectivity index (χ1n) is 6.11. The highest BCUT2D eigenvalue weighted by Crippen LogP contribution is 2.27. The Morgan fingerprint density at radius 3 is 2.57 bits per heavy atom. The fourth-order valence-corrected chi connectivity index (χ4v) is 4.69. The summed E-state index contributed by atoms with van der Waals surface area (Å²) in [6.45, 7) is 2.54. The van der Waals surface area contributed by atoms with Gasteiger partial charge in [-0.3, -0.25) is 4.79 Å². The number of thiophene rings is 1. The van der Waals surface area contributed by atoms with Gasteiger partial charge in [0.2, 0.25) is 5.91 Å². The molecular weight excluding hydrogens is 357 g/mol. The molecule has 0 spiro atoms. The van der Waals surface area contributed by atoms with Crippen molar-refractivity contribution in [3.05, 3.63) is 16.5 Å². The summed E-state index contributed by atoms with van der Waals surface area (Å²) in [6.07, 6.45) is 0. The zero-order chi connectivity index (χ0) is 14.8. The number of carbonyl (C=O) groups is 1. The van der Waals surface area contributed by atoms with Gasteiger partial charge in [-0.15, -0.1) is 23.7 Å². The van der Waals surface area contributed by atoms with Crippen LogP contribution < -0.4 is 5.32 Å². The van der Waals surface area contributed by atoms with E-state index < -0.39 is 10.0 Å². The van der Waals surface area contributed by atoms with Gasteiger partial charge in [0.1, 0.15) is 4.21 Å². The van der Waals surface area contributed by atoms with Gasteiger partial charge in [0.05, 0.1) is 10.9 Å². The van der Waals surface area contributed by atoms with E-state index in [-0.39, 0.29) is 29.1 Å². The van der Waals surface area contributed by atoms with E-state index in [4.69, 9.17) is 11.6 Å². The zero-order valence-electron chi connectivity index (χ0n) is 11.4. The minimum absolute atomic E-state index is 0. The number of halogens is 2. The molecule has 1 amide bonds. The first-order chi connectivity index (χ1) is 9.41. The van der Waals surface area contributed by atoms with Crippen LogP contribution in [0.15, 0.2) is 16.3 Å². The molecule has 21 heavy (non-hydrogen) atoms. The number of carbonyl (C=O) groups excluding carboxylic acids is 1. The Labute approximate surface area is 139 Å². The third kappa shape index (κ3) is 4.54. The van der Waals surface area contributed by atoms with Crippen LogP contribution in [0, 0.1) is 0 Å². The smallest absolute Gasteiger partial charge is 0.252 e. The van der Waals surface area contributed by atoms with Crippen molar-refractivity contribution in [2.45, 2.75) is 4.21 Å². The molecule has 120 valence electrons. The van der Waals surface area contributed by atoms with Crippen LogP contribution >= 0.6 is 35.3 Å². The van der Waals surface area contributed by atoms with Crippen molar-refractivity contribution in [3.8, 4) is 0 Å². The van der Waals surface area contributed by atoms with Crippen molar-refractivity contribution in [3.63, 3.8) is 0 Å². The molecule has 0 bridgehead atoms. The van der Waals surface area contributed by atoms with E-state index >= 15 is 0 Å². The summed E-state index contributed by atoms with van der Waals surface area (Å²) in [6, 6.07) is 2.99. The molecule has 2 heterocycles. The van der Waals surface area contributed by atoms with Crippen LogP contribution in [-0.4, -0.2) is 63.3 Å². The molecule has 6 nitrogen and oxygen atoms in total. The molecule has 0 atom stereocenters. The van der Waals surface area contributed by atoms with Gasteiger partial charge in [-0.25, -0.2) is 8.42 Å². The second-order valence-corrected chi connectivity index (χ2v) is 8.44. The number of likely N-dealkylation sites (N-methyl/N-ethyl adjacent to an activating group) is 1. The SMILES string of the molecule is CN(CC(=O)N1CCNCC1)S(=O)(=O)c1ccc(Cl)s1.Cl. The normalized spacial score (nSPS) is 15.9. The van der Waals surface area contributed by atoms with Gasteiger partial charge in [-0.05, 0) is 12.1 Å². The number of nitrogens with one attached hydrogen (secondary N) is 1. The van der Waals surface area contributed by atoms with E-state index in [0.29, 0.717) is 17.4 Å². The van der Waals surface area contributed by atoms with Crippen molar-refractivity contribution in [2.75, 3.05) is 39.8 Å². The summed E-state index contributed by atoms with van der Waals surface area (Å²) >= 11 is 6.74. The van der Waals surface area contributed by atoms with Crippen molar-refractivity contribution in [1.82, 2.24) is 14.5 Å². The first kappa shape index (κ1) is 18.7. The maximum Gasteiger partial charge on any atom is 0.252 e. The predicted molar refractivity (Wildman–Crippen MR) is 85.8 cm³/mol. The molecule has 0 aromatic carbocycles. The molecule has 2 rings (SSSR count). The van der Waals surface area contributed by atoms with Crippen molar-refractivity contribution >= 4 is 51.3 Å². The Hall–Kier alpha value is -0.380. The van der Waals surface area contributed by atoms with Gasteiger partial charge in [0, 0.05) is 33.2 Å². The minimum atomic E-state index is -3.65. The maximum absolute atomic E-state index is 12.3. The summed E-state index contributed by atoms with van der Waals surface area (Å²) < 4.78 is 26.1. The molecule has 1 aliphatic rings. The Morgan fingerprint density at radius 2 is 2.05 bits per heavy atom. The molecule has 1 fully saturated rings. The fraction of sp³-hybridized carbons (Fsp3) is 0.545. The van der Waals surface area contributed by atoms with Gasteiger partial charge >= 0.3 is 0 Å². The van der Waals surface area contributed by atoms with Crippen molar-refractivity contribution < 1.29 is 13.2 Å². The second kappa shape index (κ2) is 7.75. The Balaban J connectivity index is 0.00000220. The van der Waals surface area contributed by atoms with E-state index in [0.717, 1.165) is 28.7 Å². The highest BCUT2D eigenvalue weighted by atomic mass is 35.5. The van der Waals surface area contributed by atoms with Crippen LogP contribution in [0.5, 0.6) is 0 Å². The lowest BCUT2D eigenvalue weighted by Crippen LogP contribution is -2.49. The molecule has 0 radical (unpaired) electrons. The highest BCUT2D eigenvalue weighted by molar-refractivity contribution is 7.91. The maximum atomic E-state index is 12.3. The van der Waals surface area contributed by atoms with Gasteiger partial charge in [-0.1, -0.05) is 11.6 Å².